The summed E-state index contributed by atoms with van der Waals surface area (Å²) in [6, 6.07) is 3.09. The standard InChI is InChI=1S/C45H64N4O10/c1-28(2)39-42(55)46-36(27-32-18-14-19-33(51)26-32)43(56)49-25-15-20-35(48-49)44(57)58-37(29(3)17-13-22-38(52)59-45(6,7)8)21-12-10-9-11-16-30(4)40(53)34(41(54)47-39)24-23-31(5)50/h9-14,17-19,22,26,28,30,34-37,39-40,48,51,53H,15-16,20-21,23-25,27H2,1-8H3,(H,46,55)(H,47,54)/b11-9+,12-10+,22-13+,29-17+/t30-,34+,35?,36-,37-,39-,40+/m0/s1. The average molecular weight is 821 g/mol. The number of carbonyl (C=O) groups excluding carboxylic acids is 6. The molecule has 3 rings (SSSR count). The maximum atomic E-state index is 14.3. The number of benzene rings is 1. The molecular formula is C45H64N4O10. The highest BCUT2D eigenvalue weighted by Gasteiger charge is 2.38. The number of hydrogen-bond donors (Lipinski definition) is 5. The van der Waals surface area contributed by atoms with Crippen LogP contribution in [0.1, 0.15) is 99.5 Å². The van der Waals surface area contributed by atoms with Crippen LogP contribution in [0.15, 0.2) is 72.4 Å². The van der Waals surface area contributed by atoms with Gasteiger partial charge in [0, 0.05) is 31.9 Å². The summed E-state index contributed by atoms with van der Waals surface area (Å²) in [7, 11) is 0. The maximum Gasteiger partial charge on any atom is 0.331 e. The second-order valence-corrected chi connectivity index (χ2v) is 16.9. The number of ketones is 1. The van der Waals surface area contributed by atoms with Gasteiger partial charge in [-0.05, 0) is 95.4 Å². The van der Waals surface area contributed by atoms with Gasteiger partial charge >= 0.3 is 11.9 Å². The second-order valence-electron chi connectivity index (χ2n) is 16.9. The average Bonchev–Trinajstić information content (AvgIpc) is 3.15. The van der Waals surface area contributed by atoms with Crippen molar-refractivity contribution < 1.29 is 48.5 Å². The number of cyclic esters (lactones) is 1. The van der Waals surface area contributed by atoms with Crippen LogP contribution < -0.4 is 16.1 Å². The van der Waals surface area contributed by atoms with Gasteiger partial charge in [0.25, 0.3) is 5.91 Å². The monoisotopic (exact) mass is 820 g/mol. The highest BCUT2D eigenvalue weighted by Crippen LogP contribution is 2.24. The molecule has 7 atom stereocenters. The van der Waals surface area contributed by atoms with Crippen LogP contribution in [-0.2, 0) is 44.7 Å². The van der Waals surface area contributed by atoms with Crippen molar-refractivity contribution in [1.29, 1.82) is 0 Å². The Morgan fingerprint density at radius 2 is 1.73 bits per heavy atom. The van der Waals surface area contributed by atoms with Gasteiger partial charge in [-0.1, -0.05) is 69.4 Å². The van der Waals surface area contributed by atoms with Crippen molar-refractivity contribution >= 4 is 35.4 Å². The Hall–Kier alpha value is -5.08. The zero-order valence-electron chi connectivity index (χ0n) is 35.7. The summed E-state index contributed by atoms with van der Waals surface area (Å²) in [5, 5.41) is 28.6. The molecule has 1 fully saturated rings. The molecule has 14 heteroatoms. The summed E-state index contributed by atoms with van der Waals surface area (Å²) >= 11 is 0. The van der Waals surface area contributed by atoms with Crippen LogP contribution in [0.3, 0.4) is 0 Å². The molecule has 5 N–H and O–H groups in total. The molecule has 2 bridgehead atoms. The Morgan fingerprint density at radius 3 is 2.37 bits per heavy atom. The number of esters is 2. The molecule has 59 heavy (non-hydrogen) atoms. The number of allylic oxidation sites excluding steroid dienone is 5. The van der Waals surface area contributed by atoms with E-state index in [2.05, 4.69) is 16.1 Å². The highest BCUT2D eigenvalue weighted by atomic mass is 16.6. The van der Waals surface area contributed by atoms with E-state index in [1.165, 1.54) is 36.2 Å². The molecular weight excluding hydrogens is 757 g/mol. The molecule has 324 valence electrons. The molecule has 0 aromatic heterocycles. The molecule has 1 aromatic carbocycles. The number of hydrazine groups is 1. The summed E-state index contributed by atoms with van der Waals surface area (Å²) in [6.07, 6.45) is 11.4. The number of nitrogens with one attached hydrogen (secondary N) is 3. The van der Waals surface area contributed by atoms with Crippen molar-refractivity contribution in [1.82, 2.24) is 21.1 Å². The molecule has 0 saturated carbocycles. The van der Waals surface area contributed by atoms with Gasteiger partial charge in [0.2, 0.25) is 11.8 Å². The van der Waals surface area contributed by atoms with E-state index in [0.717, 1.165) is 0 Å². The smallest absolute Gasteiger partial charge is 0.331 e. The molecule has 0 aliphatic carbocycles. The fraction of sp³-hybridized carbons (Fsp3) is 0.556. The number of phenolic OH excluding ortho intramolecular Hbond substituents is 1. The van der Waals surface area contributed by atoms with Crippen molar-refractivity contribution in [3.8, 4) is 5.75 Å². The summed E-state index contributed by atoms with van der Waals surface area (Å²) in [4.78, 5) is 80.3. The van der Waals surface area contributed by atoms with Gasteiger partial charge in [0.05, 0.1) is 12.0 Å². The highest BCUT2D eigenvalue weighted by molar-refractivity contribution is 5.93. The van der Waals surface area contributed by atoms with Crippen molar-refractivity contribution in [2.45, 2.75) is 136 Å². The minimum Gasteiger partial charge on any atom is -0.508 e. The van der Waals surface area contributed by atoms with Gasteiger partial charge < -0.3 is 35.1 Å². The third kappa shape index (κ3) is 16.2. The lowest BCUT2D eigenvalue weighted by molar-refractivity contribution is -0.156. The lowest BCUT2D eigenvalue weighted by Gasteiger charge is -2.36. The van der Waals surface area contributed by atoms with E-state index in [-0.39, 0.29) is 43.8 Å². The Balaban J connectivity index is 2.04. The Bertz CT molecular complexity index is 1760. The minimum absolute atomic E-state index is 0.0226. The quantitative estimate of drug-likeness (QED) is 0.131. The maximum absolute atomic E-state index is 14.3. The normalized spacial score (nSPS) is 27.2. The molecule has 1 aromatic rings. The number of fused-ring (bicyclic) bond motifs is 2. The topological polar surface area (TPSA) is 201 Å². The van der Waals surface area contributed by atoms with Crippen LogP contribution in [0.2, 0.25) is 0 Å². The van der Waals surface area contributed by atoms with E-state index in [1.54, 1.807) is 78.8 Å². The Morgan fingerprint density at radius 1 is 1.03 bits per heavy atom. The molecule has 14 nitrogen and oxygen atoms in total. The molecule has 2 heterocycles. The number of hydrogen-bond acceptors (Lipinski definition) is 11. The molecule has 2 aliphatic rings. The van der Waals surface area contributed by atoms with Gasteiger partial charge in [-0.2, -0.15) is 0 Å². The molecule has 0 spiro atoms. The van der Waals surface area contributed by atoms with Crippen molar-refractivity contribution in [2.75, 3.05) is 6.54 Å². The number of amides is 3. The van der Waals surface area contributed by atoms with Gasteiger partial charge in [-0.15, -0.1) is 0 Å². The summed E-state index contributed by atoms with van der Waals surface area (Å²) < 4.78 is 11.4. The lowest BCUT2D eigenvalue weighted by Crippen LogP contribution is -2.62. The fourth-order valence-corrected chi connectivity index (χ4v) is 6.75. The van der Waals surface area contributed by atoms with Crippen LogP contribution in [0.4, 0.5) is 0 Å². The first-order chi connectivity index (χ1) is 27.7. The number of nitrogens with zero attached hydrogens (tertiary/aromatic N) is 1. The van der Waals surface area contributed by atoms with E-state index in [4.69, 9.17) is 9.47 Å². The van der Waals surface area contributed by atoms with Crippen molar-refractivity contribution in [3.63, 3.8) is 0 Å². The van der Waals surface area contributed by atoms with Gasteiger partial charge in [0.15, 0.2) is 0 Å². The summed E-state index contributed by atoms with van der Waals surface area (Å²) in [5.41, 5.74) is 3.54. The lowest BCUT2D eigenvalue weighted by atomic mass is 9.85. The number of Topliss-reactive ketones (excluding diaryl/α,β-unsaturated/α-hetero) is 1. The van der Waals surface area contributed by atoms with Gasteiger partial charge in [-0.25, -0.2) is 10.2 Å². The number of ether oxygens (including phenoxy) is 2. The first-order valence-electron chi connectivity index (χ1n) is 20.5. The molecule has 2 aliphatic heterocycles. The van der Waals surface area contributed by atoms with Gasteiger partial charge in [-0.3, -0.25) is 24.2 Å². The van der Waals surface area contributed by atoms with Crippen LogP contribution >= 0.6 is 0 Å². The molecule has 1 saturated heterocycles. The number of carbonyl (C=O) groups is 6. The predicted molar refractivity (Wildman–Crippen MR) is 223 cm³/mol. The molecule has 1 unspecified atom stereocenters. The largest absolute Gasteiger partial charge is 0.508 e. The zero-order chi connectivity index (χ0) is 43.9. The van der Waals surface area contributed by atoms with Crippen molar-refractivity contribution in [3.05, 3.63) is 77.9 Å². The summed E-state index contributed by atoms with van der Waals surface area (Å²) in [6.45, 7) is 14.0. The minimum atomic E-state index is -1.19. The van der Waals surface area contributed by atoms with E-state index >= 15 is 0 Å². The predicted octanol–water partition coefficient (Wildman–Crippen LogP) is 4.70. The van der Waals surface area contributed by atoms with Crippen LogP contribution in [-0.4, -0.2) is 93.1 Å². The number of aliphatic hydroxyl groups is 1. The SMILES string of the molecule is CC(=O)CC[C@H]1C(=O)N[C@@H](C(C)C)C(=O)N[C@@H](Cc2cccc(O)c2)C(=O)N2CCCC(N2)C(=O)O[C@H](/C(C)=C/C=C/C(=O)OC(C)(C)C)C/C=C/C=C/C[C@H](C)[C@H]1O. The van der Waals surface area contributed by atoms with E-state index in [1.807, 2.05) is 12.2 Å². The summed E-state index contributed by atoms with van der Waals surface area (Å²) in [5.74, 6) is -4.92. The van der Waals surface area contributed by atoms with E-state index in [9.17, 15) is 39.0 Å². The fourth-order valence-electron chi connectivity index (χ4n) is 6.75. The zero-order valence-corrected chi connectivity index (χ0v) is 35.7. The third-order valence-electron chi connectivity index (χ3n) is 10.1. The van der Waals surface area contributed by atoms with Gasteiger partial charge in [0.1, 0.15) is 41.4 Å². The first kappa shape index (κ1) is 48.3. The first-order valence-corrected chi connectivity index (χ1v) is 20.5. The molecule has 0 radical (unpaired) electrons. The van der Waals surface area contributed by atoms with Crippen LogP contribution in [0.25, 0.3) is 0 Å². The Labute approximate surface area is 348 Å². The molecule has 3 amide bonds. The van der Waals surface area contributed by atoms with E-state index < -0.39 is 83.3 Å². The van der Waals surface area contributed by atoms with Crippen LogP contribution in [0, 0.1) is 17.8 Å². The van der Waals surface area contributed by atoms with E-state index in [0.29, 0.717) is 30.4 Å². The van der Waals surface area contributed by atoms with Crippen molar-refractivity contribution in [2.24, 2.45) is 17.8 Å². The second kappa shape index (κ2) is 22.9. The number of rotatable bonds is 9. The third-order valence-corrected chi connectivity index (χ3v) is 10.1. The Kier molecular flexibility index (Phi) is 18.7. The number of aromatic hydroxyl groups is 1. The number of aliphatic hydroxyl groups excluding tert-OH is 1. The van der Waals surface area contributed by atoms with Crippen LogP contribution in [0.5, 0.6) is 5.75 Å². The number of phenols is 1.